The van der Waals surface area contributed by atoms with Crippen LogP contribution < -0.4 is 9.64 Å². The van der Waals surface area contributed by atoms with Gasteiger partial charge in [0.2, 0.25) is 5.91 Å². The van der Waals surface area contributed by atoms with Crippen LogP contribution in [0.5, 0.6) is 5.75 Å². The van der Waals surface area contributed by atoms with E-state index in [-0.39, 0.29) is 22.6 Å². The number of amides is 3. The average Bonchev–Trinajstić information content (AvgIpc) is 3.23. The number of carbonyl (C=O) groups is 3. The standard InChI is InChI=1S/C24H20N2O4S2/c1-2-30-18-13-11-17(12-14-18)25-21(27)15-19(22(25)28)26-23(29)20(32-24(26)31)10-6-9-16-7-4-3-5-8-16/h3-14,19H,2,15H2,1H3. The number of ether oxygens (including phenoxy) is 1. The summed E-state index contributed by atoms with van der Waals surface area (Å²) in [5, 5.41) is 0. The molecule has 2 aromatic rings. The number of rotatable bonds is 6. The van der Waals surface area contributed by atoms with Crippen molar-refractivity contribution in [3.8, 4) is 5.75 Å². The van der Waals surface area contributed by atoms with Crippen molar-refractivity contribution in [2.45, 2.75) is 19.4 Å². The number of allylic oxidation sites excluding steroid dienone is 2. The monoisotopic (exact) mass is 464 g/mol. The number of thiocarbonyl (C=S) groups is 1. The molecule has 0 N–H and O–H groups in total. The van der Waals surface area contributed by atoms with Crippen LogP contribution in [0.2, 0.25) is 0 Å². The Kier molecular flexibility index (Phi) is 6.53. The fourth-order valence-corrected chi connectivity index (χ4v) is 4.83. The quantitative estimate of drug-likeness (QED) is 0.363. The molecule has 1 unspecified atom stereocenters. The third kappa shape index (κ3) is 4.37. The highest BCUT2D eigenvalue weighted by Gasteiger charge is 2.48. The van der Waals surface area contributed by atoms with Gasteiger partial charge in [0.25, 0.3) is 11.8 Å². The molecule has 4 rings (SSSR count). The summed E-state index contributed by atoms with van der Waals surface area (Å²) in [5.41, 5.74) is 1.44. The Morgan fingerprint density at radius 3 is 2.50 bits per heavy atom. The number of anilines is 1. The van der Waals surface area contributed by atoms with Gasteiger partial charge >= 0.3 is 0 Å². The Morgan fingerprint density at radius 1 is 1.09 bits per heavy atom. The molecule has 32 heavy (non-hydrogen) atoms. The van der Waals surface area contributed by atoms with Gasteiger partial charge in [-0.3, -0.25) is 19.3 Å². The summed E-state index contributed by atoms with van der Waals surface area (Å²) in [4.78, 5) is 41.5. The number of hydrogen-bond acceptors (Lipinski definition) is 6. The summed E-state index contributed by atoms with van der Waals surface area (Å²) in [5.74, 6) is -0.544. The van der Waals surface area contributed by atoms with E-state index in [0.29, 0.717) is 22.9 Å². The Hall–Kier alpha value is -3.23. The highest BCUT2D eigenvalue weighted by molar-refractivity contribution is 8.26. The Balaban J connectivity index is 1.51. The number of hydrogen-bond donors (Lipinski definition) is 0. The fourth-order valence-electron chi connectivity index (χ4n) is 3.52. The maximum absolute atomic E-state index is 13.1. The first-order chi connectivity index (χ1) is 15.5. The van der Waals surface area contributed by atoms with Gasteiger partial charge in [0.05, 0.1) is 23.6 Å². The molecule has 6 nitrogen and oxygen atoms in total. The van der Waals surface area contributed by atoms with E-state index in [2.05, 4.69) is 0 Å². The van der Waals surface area contributed by atoms with Crippen LogP contribution in [0.25, 0.3) is 6.08 Å². The largest absolute Gasteiger partial charge is 0.494 e. The van der Waals surface area contributed by atoms with Crippen LogP contribution in [0.3, 0.4) is 0 Å². The molecular weight excluding hydrogens is 444 g/mol. The third-order valence-electron chi connectivity index (χ3n) is 5.00. The van der Waals surface area contributed by atoms with Crippen molar-refractivity contribution >= 4 is 57.8 Å². The molecule has 162 valence electrons. The predicted molar refractivity (Wildman–Crippen MR) is 129 cm³/mol. The molecule has 2 saturated heterocycles. The average molecular weight is 465 g/mol. The maximum atomic E-state index is 13.1. The first-order valence-corrected chi connectivity index (χ1v) is 11.3. The van der Waals surface area contributed by atoms with Crippen molar-refractivity contribution < 1.29 is 19.1 Å². The SMILES string of the molecule is CCOc1ccc(N2C(=O)CC(N3C(=O)C(=CC=Cc4ccccc4)SC3=S)C2=O)cc1. The highest BCUT2D eigenvalue weighted by atomic mass is 32.2. The maximum Gasteiger partial charge on any atom is 0.266 e. The van der Waals surface area contributed by atoms with E-state index in [0.717, 1.165) is 22.2 Å². The first kappa shape index (κ1) is 22.0. The second kappa shape index (κ2) is 9.50. The molecule has 2 heterocycles. The van der Waals surface area contributed by atoms with E-state index >= 15 is 0 Å². The summed E-state index contributed by atoms with van der Waals surface area (Å²) in [7, 11) is 0. The minimum atomic E-state index is -0.939. The molecule has 2 fully saturated rings. The number of imide groups is 1. The first-order valence-electron chi connectivity index (χ1n) is 10.1. The van der Waals surface area contributed by atoms with Crippen molar-refractivity contribution in [3.63, 3.8) is 0 Å². The number of thioether (sulfide) groups is 1. The minimum absolute atomic E-state index is 0.106. The molecule has 2 aliphatic rings. The molecule has 0 saturated carbocycles. The smallest absolute Gasteiger partial charge is 0.266 e. The molecular formula is C24H20N2O4S2. The van der Waals surface area contributed by atoms with E-state index in [1.54, 1.807) is 36.4 Å². The number of carbonyl (C=O) groups excluding carboxylic acids is 3. The van der Waals surface area contributed by atoms with E-state index < -0.39 is 11.9 Å². The lowest BCUT2D eigenvalue weighted by Gasteiger charge is -2.21. The van der Waals surface area contributed by atoms with Gasteiger partial charge in [0.1, 0.15) is 16.1 Å². The third-order valence-corrected chi connectivity index (χ3v) is 6.35. The molecule has 8 heteroatoms. The lowest BCUT2D eigenvalue weighted by molar-refractivity contribution is -0.130. The van der Waals surface area contributed by atoms with Gasteiger partial charge in [-0.25, -0.2) is 4.90 Å². The van der Waals surface area contributed by atoms with Gasteiger partial charge in [-0.15, -0.1) is 0 Å². The van der Waals surface area contributed by atoms with Crippen molar-refractivity contribution in [1.82, 2.24) is 4.90 Å². The van der Waals surface area contributed by atoms with Crippen LogP contribution >= 0.6 is 24.0 Å². The lowest BCUT2D eigenvalue weighted by Crippen LogP contribution is -2.44. The van der Waals surface area contributed by atoms with Crippen LogP contribution in [0.15, 0.2) is 71.7 Å². The molecule has 0 aliphatic carbocycles. The van der Waals surface area contributed by atoms with Crippen LogP contribution in [0.4, 0.5) is 5.69 Å². The molecule has 2 aliphatic heterocycles. The predicted octanol–water partition coefficient (Wildman–Crippen LogP) is 4.17. The van der Waals surface area contributed by atoms with E-state index in [1.165, 1.54) is 4.90 Å². The second-order valence-corrected chi connectivity index (χ2v) is 8.73. The van der Waals surface area contributed by atoms with Gasteiger partial charge in [-0.2, -0.15) is 0 Å². The van der Waals surface area contributed by atoms with Crippen molar-refractivity contribution in [3.05, 3.63) is 77.2 Å². The number of nitrogens with zero attached hydrogens (tertiary/aromatic N) is 2. The van der Waals surface area contributed by atoms with Crippen molar-refractivity contribution in [2.24, 2.45) is 0 Å². The molecule has 0 bridgehead atoms. The van der Waals surface area contributed by atoms with Crippen LogP contribution in [-0.4, -0.2) is 39.6 Å². The van der Waals surface area contributed by atoms with E-state index in [4.69, 9.17) is 17.0 Å². The van der Waals surface area contributed by atoms with Gasteiger partial charge in [-0.1, -0.05) is 66.5 Å². The van der Waals surface area contributed by atoms with Crippen molar-refractivity contribution in [1.29, 1.82) is 0 Å². The van der Waals surface area contributed by atoms with E-state index in [9.17, 15) is 14.4 Å². The topological polar surface area (TPSA) is 66.9 Å². The molecule has 0 radical (unpaired) electrons. The zero-order chi connectivity index (χ0) is 22.7. The molecule has 1 atom stereocenters. The molecule has 0 aromatic heterocycles. The van der Waals surface area contributed by atoms with E-state index in [1.807, 2.05) is 43.3 Å². The molecule has 0 spiro atoms. The Labute approximate surface area is 195 Å². The van der Waals surface area contributed by atoms with Crippen molar-refractivity contribution in [2.75, 3.05) is 11.5 Å². The van der Waals surface area contributed by atoms with Gasteiger partial charge in [0.15, 0.2) is 0 Å². The number of benzene rings is 2. The van der Waals surface area contributed by atoms with Crippen LogP contribution in [-0.2, 0) is 14.4 Å². The Morgan fingerprint density at radius 2 is 1.81 bits per heavy atom. The summed E-state index contributed by atoms with van der Waals surface area (Å²) in [6.45, 7) is 2.39. The lowest BCUT2D eigenvalue weighted by atomic mass is 10.2. The summed E-state index contributed by atoms with van der Waals surface area (Å²) >= 11 is 6.50. The Bertz CT molecular complexity index is 1130. The van der Waals surface area contributed by atoms with Crippen LogP contribution in [0.1, 0.15) is 18.9 Å². The highest BCUT2D eigenvalue weighted by Crippen LogP contribution is 2.36. The summed E-state index contributed by atoms with van der Waals surface area (Å²) in [6.07, 6.45) is 5.23. The second-order valence-electron chi connectivity index (χ2n) is 7.06. The fraction of sp³-hybridized carbons (Fsp3) is 0.167. The van der Waals surface area contributed by atoms with Crippen LogP contribution in [0, 0.1) is 0 Å². The van der Waals surface area contributed by atoms with Gasteiger partial charge in [-0.05, 0) is 42.8 Å². The minimum Gasteiger partial charge on any atom is -0.494 e. The van der Waals surface area contributed by atoms with Gasteiger partial charge < -0.3 is 4.74 Å². The van der Waals surface area contributed by atoms with Gasteiger partial charge in [0, 0.05) is 0 Å². The zero-order valence-corrected chi connectivity index (χ0v) is 18.9. The normalized spacial score (nSPS) is 20.3. The molecule has 3 amide bonds. The summed E-state index contributed by atoms with van der Waals surface area (Å²) in [6, 6.07) is 15.5. The summed E-state index contributed by atoms with van der Waals surface area (Å²) < 4.78 is 5.68. The zero-order valence-electron chi connectivity index (χ0n) is 17.3. The molecule has 2 aromatic carbocycles.